The highest BCUT2D eigenvalue weighted by Gasteiger charge is 2.24. The van der Waals surface area contributed by atoms with Crippen LogP contribution in [0.5, 0.6) is 0 Å². The summed E-state index contributed by atoms with van der Waals surface area (Å²) in [5, 5.41) is 23.6. The van der Waals surface area contributed by atoms with E-state index in [-0.39, 0.29) is 24.2 Å². The van der Waals surface area contributed by atoms with Crippen LogP contribution < -0.4 is 10.6 Å². The Morgan fingerprint density at radius 3 is 2.54 bits per heavy atom. The normalized spacial score (nSPS) is 17.9. The summed E-state index contributed by atoms with van der Waals surface area (Å²) in [5.41, 5.74) is 3.54. The van der Waals surface area contributed by atoms with Crippen molar-refractivity contribution < 1.29 is 19.1 Å². The maximum Gasteiger partial charge on any atom is 0.320 e. The number of nitrogens with zero attached hydrogens (tertiary/aromatic N) is 3. The molecule has 5 rings (SSSR count). The van der Waals surface area contributed by atoms with Gasteiger partial charge < -0.3 is 20.2 Å². The number of amides is 1. The molecule has 0 atom stereocenters. The van der Waals surface area contributed by atoms with Gasteiger partial charge in [0.05, 0.1) is 15.2 Å². The molecule has 0 aliphatic heterocycles. The number of carboxylic acid groups (broad SMARTS) is 1. The van der Waals surface area contributed by atoms with E-state index in [0.29, 0.717) is 11.6 Å². The second kappa shape index (κ2) is 9.83. The molecule has 1 amide bonds. The SMILES string of the molecule is Cc1nc2ccc(Nc3nnc(C(=O)Nc4ccc(C5CCC(CC(=O)O)CC5)cc4)o3)cc2s1. The van der Waals surface area contributed by atoms with Crippen LogP contribution in [0.15, 0.2) is 46.9 Å². The number of anilines is 3. The maximum atomic E-state index is 12.6. The molecule has 4 aromatic rings. The molecule has 180 valence electrons. The van der Waals surface area contributed by atoms with Crippen molar-refractivity contribution in [3.63, 3.8) is 0 Å². The van der Waals surface area contributed by atoms with Gasteiger partial charge in [0.1, 0.15) is 0 Å². The fourth-order valence-electron chi connectivity index (χ4n) is 4.58. The van der Waals surface area contributed by atoms with Crippen LogP contribution in [0, 0.1) is 12.8 Å². The van der Waals surface area contributed by atoms with Gasteiger partial charge in [-0.2, -0.15) is 0 Å². The average molecular weight is 492 g/mol. The highest BCUT2D eigenvalue weighted by Crippen LogP contribution is 2.37. The molecule has 0 bridgehead atoms. The summed E-state index contributed by atoms with van der Waals surface area (Å²) in [5.74, 6) is -0.646. The highest BCUT2D eigenvalue weighted by molar-refractivity contribution is 7.18. The third-order valence-corrected chi connectivity index (χ3v) is 7.25. The molecule has 0 unspecified atom stereocenters. The fourth-order valence-corrected chi connectivity index (χ4v) is 5.44. The van der Waals surface area contributed by atoms with Crippen molar-refractivity contribution in [2.75, 3.05) is 10.6 Å². The molecular formula is C25H25N5O4S. The van der Waals surface area contributed by atoms with Crippen molar-refractivity contribution in [1.29, 1.82) is 0 Å². The second-order valence-electron chi connectivity index (χ2n) is 8.84. The zero-order valence-electron chi connectivity index (χ0n) is 19.2. The summed E-state index contributed by atoms with van der Waals surface area (Å²) in [6.07, 6.45) is 4.08. The van der Waals surface area contributed by atoms with Gasteiger partial charge in [-0.3, -0.25) is 9.59 Å². The quantitative estimate of drug-likeness (QED) is 0.299. The van der Waals surface area contributed by atoms with Crippen molar-refractivity contribution in [2.24, 2.45) is 5.92 Å². The van der Waals surface area contributed by atoms with Gasteiger partial charge in [-0.25, -0.2) is 4.98 Å². The molecule has 0 radical (unpaired) electrons. The smallest absolute Gasteiger partial charge is 0.320 e. The summed E-state index contributed by atoms with van der Waals surface area (Å²) >= 11 is 1.60. The van der Waals surface area contributed by atoms with Crippen LogP contribution in [0.1, 0.15) is 59.3 Å². The predicted molar refractivity (Wildman–Crippen MR) is 133 cm³/mol. The Hall–Kier alpha value is -3.79. The number of aromatic nitrogens is 3. The molecule has 2 aromatic heterocycles. The topological polar surface area (TPSA) is 130 Å². The van der Waals surface area contributed by atoms with E-state index in [1.165, 1.54) is 5.56 Å². The summed E-state index contributed by atoms with van der Waals surface area (Å²) in [6, 6.07) is 13.6. The Morgan fingerprint density at radius 2 is 1.80 bits per heavy atom. The van der Waals surface area contributed by atoms with E-state index in [9.17, 15) is 9.59 Å². The van der Waals surface area contributed by atoms with Gasteiger partial charge in [0.2, 0.25) is 0 Å². The van der Waals surface area contributed by atoms with E-state index in [1.807, 2.05) is 49.4 Å². The third kappa shape index (κ3) is 5.48. The first-order valence-electron chi connectivity index (χ1n) is 11.5. The lowest BCUT2D eigenvalue weighted by Crippen LogP contribution is -2.16. The number of nitrogens with one attached hydrogen (secondary N) is 2. The average Bonchev–Trinajstić information content (AvgIpc) is 3.45. The minimum atomic E-state index is -0.717. The van der Waals surface area contributed by atoms with Crippen LogP contribution in [-0.4, -0.2) is 32.2 Å². The number of carboxylic acids is 1. The number of carbonyl (C=O) groups is 2. The van der Waals surface area contributed by atoms with E-state index in [2.05, 4.69) is 25.8 Å². The summed E-state index contributed by atoms with van der Waals surface area (Å²) in [4.78, 5) is 27.9. The van der Waals surface area contributed by atoms with E-state index in [0.717, 1.165) is 46.6 Å². The number of benzene rings is 2. The van der Waals surface area contributed by atoms with Crippen LogP contribution in [0.4, 0.5) is 17.4 Å². The zero-order chi connectivity index (χ0) is 24.4. The van der Waals surface area contributed by atoms with Crippen LogP contribution in [0.3, 0.4) is 0 Å². The standard InChI is InChI=1S/C25H25N5O4S/c1-14-26-20-11-10-19(13-21(20)35-14)28-25-30-29-24(34-25)23(33)27-18-8-6-17(7-9-18)16-4-2-15(3-5-16)12-22(31)32/h6-11,13,15-16H,2-5,12H2,1H3,(H,27,33)(H,28,30)(H,31,32). The number of aliphatic carboxylic acids is 1. The van der Waals surface area contributed by atoms with Gasteiger partial charge in [0.25, 0.3) is 0 Å². The highest BCUT2D eigenvalue weighted by atomic mass is 32.1. The summed E-state index contributed by atoms with van der Waals surface area (Å²) in [7, 11) is 0. The molecule has 2 aromatic carbocycles. The van der Waals surface area contributed by atoms with Gasteiger partial charge in [-0.1, -0.05) is 17.2 Å². The molecule has 9 nitrogen and oxygen atoms in total. The predicted octanol–water partition coefficient (Wildman–Crippen LogP) is 5.73. The number of aryl methyl sites for hydroxylation is 1. The van der Waals surface area contributed by atoms with E-state index in [1.54, 1.807) is 11.3 Å². The van der Waals surface area contributed by atoms with Crippen molar-refractivity contribution in [2.45, 2.75) is 44.9 Å². The van der Waals surface area contributed by atoms with E-state index < -0.39 is 11.9 Å². The Balaban J connectivity index is 1.17. The van der Waals surface area contributed by atoms with Gasteiger partial charge in [-0.05, 0) is 80.3 Å². The third-order valence-electron chi connectivity index (χ3n) is 6.32. The number of hydrogen-bond donors (Lipinski definition) is 3. The van der Waals surface area contributed by atoms with Crippen molar-refractivity contribution in [3.05, 3.63) is 58.9 Å². The molecule has 35 heavy (non-hydrogen) atoms. The monoisotopic (exact) mass is 491 g/mol. The van der Waals surface area contributed by atoms with Crippen molar-refractivity contribution in [1.82, 2.24) is 15.2 Å². The Kier molecular flexibility index (Phi) is 6.45. The lowest BCUT2D eigenvalue weighted by Gasteiger charge is -2.28. The lowest BCUT2D eigenvalue weighted by atomic mass is 9.77. The fraction of sp³-hybridized carbons (Fsp3) is 0.320. The molecule has 1 saturated carbocycles. The Labute approximate surface area is 205 Å². The first-order valence-corrected chi connectivity index (χ1v) is 12.4. The molecule has 1 aliphatic rings. The molecule has 3 N–H and O–H groups in total. The number of carbonyl (C=O) groups excluding carboxylic acids is 1. The van der Waals surface area contributed by atoms with E-state index >= 15 is 0 Å². The number of hydrogen-bond acceptors (Lipinski definition) is 8. The number of thiazole rings is 1. The molecule has 0 spiro atoms. The van der Waals surface area contributed by atoms with Crippen LogP contribution >= 0.6 is 11.3 Å². The summed E-state index contributed by atoms with van der Waals surface area (Å²) in [6.45, 7) is 1.96. The van der Waals surface area contributed by atoms with Crippen LogP contribution in [-0.2, 0) is 4.79 Å². The van der Waals surface area contributed by atoms with Crippen molar-refractivity contribution >= 4 is 50.8 Å². The number of rotatable bonds is 7. The first-order chi connectivity index (χ1) is 16.9. The molecule has 1 aliphatic carbocycles. The minimum absolute atomic E-state index is 0.129. The molecule has 0 saturated heterocycles. The van der Waals surface area contributed by atoms with Gasteiger partial charge >= 0.3 is 23.8 Å². The Bertz CT molecular complexity index is 1360. The van der Waals surface area contributed by atoms with Gasteiger partial charge in [0, 0.05) is 17.8 Å². The summed E-state index contributed by atoms with van der Waals surface area (Å²) < 4.78 is 6.54. The molecule has 2 heterocycles. The van der Waals surface area contributed by atoms with Gasteiger partial charge in [-0.15, -0.1) is 16.4 Å². The zero-order valence-corrected chi connectivity index (χ0v) is 20.0. The van der Waals surface area contributed by atoms with Crippen LogP contribution in [0.25, 0.3) is 10.2 Å². The second-order valence-corrected chi connectivity index (χ2v) is 10.1. The minimum Gasteiger partial charge on any atom is -0.481 e. The van der Waals surface area contributed by atoms with E-state index in [4.69, 9.17) is 9.52 Å². The van der Waals surface area contributed by atoms with Gasteiger partial charge in [0.15, 0.2) is 0 Å². The number of fused-ring (bicyclic) bond motifs is 1. The molecular weight excluding hydrogens is 466 g/mol. The maximum absolute atomic E-state index is 12.6. The first kappa shape index (κ1) is 23.0. The lowest BCUT2D eigenvalue weighted by molar-refractivity contribution is -0.138. The van der Waals surface area contributed by atoms with Crippen LogP contribution in [0.2, 0.25) is 0 Å². The van der Waals surface area contributed by atoms with Crippen molar-refractivity contribution in [3.8, 4) is 0 Å². The molecule has 10 heteroatoms. The largest absolute Gasteiger partial charge is 0.481 e. The Morgan fingerprint density at radius 1 is 1.06 bits per heavy atom. The molecule has 1 fully saturated rings.